The lowest BCUT2D eigenvalue weighted by Gasteiger charge is -2.19. The molecule has 4 rings (SSSR count). The largest absolute Gasteiger partial charge is 0.508 e. The highest BCUT2D eigenvalue weighted by Crippen LogP contribution is 2.32. The Bertz CT molecular complexity index is 1030. The molecule has 0 unspecified atom stereocenters. The van der Waals surface area contributed by atoms with Crippen molar-refractivity contribution in [1.29, 1.82) is 0 Å². The van der Waals surface area contributed by atoms with Crippen molar-refractivity contribution in [2.45, 2.75) is 6.42 Å². The predicted molar refractivity (Wildman–Crippen MR) is 104 cm³/mol. The summed E-state index contributed by atoms with van der Waals surface area (Å²) in [5, 5.41) is 18.6. The maximum Gasteiger partial charge on any atom is 0.335 e. The van der Waals surface area contributed by atoms with E-state index in [9.17, 15) is 9.90 Å². The smallest absolute Gasteiger partial charge is 0.335 e. The summed E-state index contributed by atoms with van der Waals surface area (Å²) < 4.78 is 5.94. The molecule has 4 heteroatoms. The average molecular weight is 358 g/mol. The van der Waals surface area contributed by atoms with Crippen LogP contribution in [0.4, 0.5) is 0 Å². The van der Waals surface area contributed by atoms with Gasteiger partial charge < -0.3 is 14.9 Å². The van der Waals surface area contributed by atoms with Crippen molar-refractivity contribution in [3.05, 3.63) is 89.0 Å². The lowest BCUT2D eigenvalue weighted by atomic mass is 9.97. The third-order valence-electron chi connectivity index (χ3n) is 4.60. The third kappa shape index (κ3) is 3.70. The first kappa shape index (κ1) is 16.9. The summed E-state index contributed by atoms with van der Waals surface area (Å²) in [6, 6.07) is 20.0. The normalized spacial score (nSPS) is 12.7. The molecule has 0 spiro atoms. The number of aromatic hydroxyl groups is 1. The van der Waals surface area contributed by atoms with Gasteiger partial charge in [-0.1, -0.05) is 36.4 Å². The molecule has 4 nitrogen and oxygen atoms in total. The molecule has 0 aliphatic carbocycles. The van der Waals surface area contributed by atoms with Crippen molar-refractivity contribution >= 4 is 12.0 Å². The van der Waals surface area contributed by atoms with Crippen LogP contribution in [0.3, 0.4) is 0 Å². The molecule has 27 heavy (non-hydrogen) atoms. The summed E-state index contributed by atoms with van der Waals surface area (Å²) in [4.78, 5) is 11.2. The number of fused-ring (bicyclic) bond motifs is 1. The Hall–Kier alpha value is -3.53. The van der Waals surface area contributed by atoms with E-state index in [1.165, 1.54) is 0 Å². The Morgan fingerprint density at radius 3 is 2.52 bits per heavy atom. The van der Waals surface area contributed by atoms with Gasteiger partial charge in [-0.2, -0.15) is 0 Å². The second-order valence-electron chi connectivity index (χ2n) is 6.57. The zero-order chi connectivity index (χ0) is 18.8. The Kier molecular flexibility index (Phi) is 4.38. The van der Waals surface area contributed by atoms with Crippen LogP contribution in [0.1, 0.15) is 21.5 Å². The Morgan fingerprint density at radius 2 is 1.74 bits per heavy atom. The third-order valence-corrected chi connectivity index (χ3v) is 4.60. The summed E-state index contributed by atoms with van der Waals surface area (Å²) in [7, 11) is 0. The first-order chi connectivity index (χ1) is 13.1. The molecule has 0 radical (unpaired) electrons. The number of benzene rings is 3. The minimum atomic E-state index is -0.937. The number of aromatic carboxylic acids is 1. The van der Waals surface area contributed by atoms with Gasteiger partial charge in [-0.3, -0.25) is 0 Å². The highest BCUT2D eigenvalue weighted by atomic mass is 16.5. The van der Waals surface area contributed by atoms with Crippen LogP contribution in [-0.4, -0.2) is 22.8 Å². The van der Waals surface area contributed by atoms with Crippen molar-refractivity contribution in [1.82, 2.24) is 0 Å². The van der Waals surface area contributed by atoms with Gasteiger partial charge in [-0.15, -0.1) is 0 Å². The van der Waals surface area contributed by atoms with E-state index in [4.69, 9.17) is 9.84 Å². The summed E-state index contributed by atoms with van der Waals surface area (Å²) in [5.74, 6) is 0.119. The summed E-state index contributed by atoms with van der Waals surface area (Å²) in [5.41, 5.74) is 5.32. The highest BCUT2D eigenvalue weighted by molar-refractivity contribution is 5.89. The molecule has 3 aromatic carbocycles. The molecule has 0 fully saturated rings. The van der Waals surface area contributed by atoms with Gasteiger partial charge in [0.15, 0.2) is 0 Å². The van der Waals surface area contributed by atoms with Gasteiger partial charge in [0.25, 0.3) is 0 Å². The standard InChI is InChI=1S/C23H18O4/c24-21-8-4-15(5-9-21)10-16-11-19-7-6-18(13-22(19)27-14-16)17-2-1-3-20(12-17)23(25)26/h1-9,11-13,24H,10,14H2,(H,25,26). The molecule has 3 aromatic rings. The van der Waals surface area contributed by atoms with E-state index in [2.05, 4.69) is 6.08 Å². The van der Waals surface area contributed by atoms with E-state index in [0.717, 1.165) is 40.0 Å². The van der Waals surface area contributed by atoms with Gasteiger partial charge >= 0.3 is 5.97 Å². The topological polar surface area (TPSA) is 66.8 Å². The van der Waals surface area contributed by atoms with Crippen molar-refractivity contribution in [3.8, 4) is 22.6 Å². The molecular formula is C23H18O4. The number of ether oxygens (including phenoxy) is 1. The molecule has 1 aliphatic heterocycles. The molecular weight excluding hydrogens is 340 g/mol. The van der Waals surface area contributed by atoms with Crippen molar-refractivity contribution in [3.63, 3.8) is 0 Å². The SMILES string of the molecule is O=C(O)c1cccc(-c2ccc3c(c2)OCC(Cc2ccc(O)cc2)=C3)c1. The molecule has 1 heterocycles. The van der Waals surface area contributed by atoms with Crippen LogP contribution in [0.15, 0.2) is 72.3 Å². The van der Waals surface area contributed by atoms with E-state index in [-0.39, 0.29) is 11.3 Å². The van der Waals surface area contributed by atoms with Gasteiger partial charge in [0.1, 0.15) is 18.1 Å². The van der Waals surface area contributed by atoms with Crippen LogP contribution in [0.5, 0.6) is 11.5 Å². The second-order valence-corrected chi connectivity index (χ2v) is 6.57. The molecule has 0 saturated heterocycles. The number of carbonyl (C=O) groups is 1. The maximum atomic E-state index is 11.2. The highest BCUT2D eigenvalue weighted by Gasteiger charge is 2.14. The molecule has 0 amide bonds. The molecule has 2 N–H and O–H groups in total. The van der Waals surface area contributed by atoms with Crippen LogP contribution in [-0.2, 0) is 6.42 Å². The Labute approximate surface area is 157 Å². The van der Waals surface area contributed by atoms with Crippen LogP contribution in [0, 0.1) is 0 Å². The lowest BCUT2D eigenvalue weighted by molar-refractivity contribution is 0.0697. The average Bonchev–Trinajstić information content (AvgIpc) is 2.69. The van der Waals surface area contributed by atoms with Crippen molar-refractivity contribution in [2.24, 2.45) is 0 Å². The quantitative estimate of drug-likeness (QED) is 0.705. The monoisotopic (exact) mass is 358 g/mol. The lowest BCUT2D eigenvalue weighted by Crippen LogP contribution is -2.09. The summed E-state index contributed by atoms with van der Waals surface area (Å²) in [6.07, 6.45) is 2.89. The fraction of sp³-hybridized carbons (Fsp3) is 0.0870. The molecule has 0 aromatic heterocycles. The number of rotatable bonds is 4. The van der Waals surface area contributed by atoms with E-state index >= 15 is 0 Å². The van der Waals surface area contributed by atoms with Crippen LogP contribution < -0.4 is 4.74 Å². The fourth-order valence-electron chi connectivity index (χ4n) is 3.20. The number of phenols is 1. The maximum absolute atomic E-state index is 11.2. The zero-order valence-electron chi connectivity index (χ0n) is 14.6. The summed E-state index contributed by atoms with van der Waals surface area (Å²) in [6.45, 7) is 0.506. The van der Waals surface area contributed by atoms with Crippen molar-refractivity contribution in [2.75, 3.05) is 6.61 Å². The van der Waals surface area contributed by atoms with Gasteiger partial charge in [-0.25, -0.2) is 4.79 Å². The first-order valence-corrected chi connectivity index (χ1v) is 8.66. The molecule has 0 saturated carbocycles. The van der Waals surface area contributed by atoms with E-state index in [0.29, 0.717) is 6.61 Å². The molecule has 0 atom stereocenters. The first-order valence-electron chi connectivity index (χ1n) is 8.66. The van der Waals surface area contributed by atoms with Crippen molar-refractivity contribution < 1.29 is 19.7 Å². The van der Waals surface area contributed by atoms with Gasteiger partial charge in [0, 0.05) is 5.56 Å². The zero-order valence-corrected chi connectivity index (χ0v) is 14.6. The van der Waals surface area contributed by atoms with Crippen LogP contribution in [0.2, 0.25) is 0 Å². The number of carboxylic acids is 1. The minimum absolute atomic E-state index is 0.262. The second kappa shape index (κ2) is 7.00. The Balaban J connectivity index is 1.59. The minimum Gasteiger partial charge on any atom is -0.508 e. The number of phenolic OH excluding ortho intramolecular Hbond substituents is 1. The van der Waals surface area contributed by atoms with E-state index < -0.39 is 5.97 Å². The van der Waals surface area contributed by atoms with Gasteiger partial charge in [-0.05, 0) is 65.1 Å². The summed E-state index contributed by atoms with van der Waals surface area (Å²) >= 11 is 0. The number of hydrogen-bond acceptors (Lipinski definition) is 3. The molecule has 134 valence electrons. The van der Waals surface area contributed by atoms with E-state index in [1.807, 2.05) is 36.4 Å². The van der Waals surface area contributed by atoms with Crippen LogP contribution in [0.25, 0.3) is 17.2 Å². The van der Waals surface area contributed by atoms with E-state index in [1.54, 1.807) is 30.3 Å². The number of hydrogen-bond donors (Lipinski definition) is 2. The molecule has 1 aliphatic rings. The molecule has 0 bridgehead atoms. The predicted octanol–water partition coefficient (Wildman–Crippen LogP) is 4.78. The van der Waals surface area contributed by atoms with Gasteiger partial charge in [0.2, 0.25) is 0 Å². The number of carboxylic acid groups (broad SMARTS) is 1. The van der Waals surface area contributed by atoms with Crippen LogP contribution >= 0.6 is 0 Å². The van der Waals surface area contributed by atoms with Gasteiger partial charge in [0.05, 0.1) is 5.56 Å². The Morgan fingerprint density at radius 1 is 0.963 bits per heavy atom. The fourth-order valence-corrected chi connectivity index (χ4v) is 3.20.